The van der Waals surface area contributed by atoms with Crippen LogP contribution in [0, 0.1) is 23.0 Å². The summed E-state index contributed by atoms with van der Waals surface area (Å²) in [6.45, 7) is 0. The SMILES string of the molecule is N#Cc1cccc(NC(=O)N2C3CCC2CC(O)(Cc2ccc(F)cc2F)C3)c1. The van der Waals surface area contributed by atoms with Crippen LogP contribution >= 0.6 is 0 Å². The van der Waals surface area contributed by atoms with E-state index in [-0.39, 0.29) is 30.1 Å². The van der Waals surface area contributed by atoms with Crippen LogP contribution in [0.15, 0.2) is 42.5 Å². The van der Waals surface area contributed by atoms with Gasteiger partial charge in [0.25, 0.3) is 0 Å². The zero-order valence-corrected chi connectivity index (χ0v) is 15.7. The van der Waals surface area contributed by atoms with Gasteiger partial charge in [0.1, 0.15) is 11.6 Å². The monoisotopic (exact) mass is 397 g/mol. The number of carbonyl (C=O) groups excluding carboxylic acids is 1. The Bertz CT molecular complexity index is 974. The Morgan fingerprint density at radius 2 is 1.93 bits per heavy atom. The number of nitrogens with zero attached hydrogens (tertiary/aromatic N) is 2. The highest BCUT2D eigenvalue weighted by Gasteiger charge is 2.49. The fourth-order valence-corrected chi connectivity index (χ4v) is 4.67. The molecule has 2 bridgehead atoms. The molecule has 2 unspecified atom stereocenters. The smallest absolute Gasteiger partial charge is 0.322 e. The number of piperidine rings is 1. The second-order valence-electron chi connectivity index (χ2n) is 7.96. The van der Waals surface area contributed by atoms with Crippen molar-refractivity contribution in [2.45, 2.75) is 49.8 Å². The number of nitrogens with one attached hydrogen (secondary N) is 1. The lowest BCUT2D eigenvalue weighted by molar-refractivity contribution is -0.0372. The molecule has 2 aliphatic heterocycles. The Kier molecular flexibility index (Phi) is 4.97. The summed E-state index contributed by atoms with van der Waals surface area (Å²) in [7, 11) is 0. The number of rotatable bonds is 3. The lowest BCUT2D eigenvalue weighted by Crippen LogP contribution is -2.55. The maximum absolute atomic E-state index is 14.0. The normalized spacial score (nSPS) is 25.5. The molecule has 7 heteroatoms. The first-order chi connectivity index (χ1) is 13.9. The van der Waals surface area contributed by atoms with Crippen molar-refractivity contribution in [1.82, 2.24) is 4.90 Å². The molecular formula is C22H21F2N3O2. The van der Waals surface area contributed by atoms with Crippen molar-refractivity contribution in [3.05, 3.63) is 65.2 Å². The molecule has 0 aliphatic carbocycles. The van der Waals surface area contributed by atoms with Crippen molar-refractivity contribution in [2.75, 3.05) is 5.32 Å². The molecular weight excluding hydrogens is 376 g/mol. The molecule has 2 heterocycles. The summed E-state index contributed by atoms with van der Waals surface area (Å²) in [6, 6.07) is 11.5. The number of benzene rings is 2. The number of amides is 2. The summed E-state index contributed by atoms with van der Waals surface area (Å²) in [5.74, 6) is -1.31. The Morgan fingerprint density at radius 3 is 2.59 bits per heavy atom. The van der Waals surface area contributed by atoms with Crippen LogP contribution in [0.2, 0.25) is 0 Å². The first-order valence-corrected chi connectivity index (χ1v) is 9.63. The summed E-state index contributed by atoms with van der Waals surface area (Å²) in [6.07, 6.45) is 2.30. The van der Waals surface area contributed by atoms with E-state index in [0.29, 0.717) is 24.1 Å². The van der Waals surface area contributed by atoms with Gasteiger partial charge in [0.2, 0.25) is 0 Å². The number of hydrogen-bond donors (Lipinski definition) is 2. The van der Waals surface area contributed by atoms with Gasteiger partial charge in [-0.25, -0.2) is 13.6 Å². The van der Waals surface area contributed by atoms with Crippen molar-refractivity contribution in [3.8, 4) is 6.07 Å². The minimum Gasteiger partial charge on any atom is -0.389 e. The van der Waals surface area contributed by atoms with E-state index in [1.807, 2.05) is 6.07 Å². The number of fused-ring (bicyclic) bond motifs is 2. The Morgan fingerprint density at radius 1 is 1.21 bits per heavy atom. The second-order valence-corrected chi connectivity index (χ2v) is 7.96. The molecule has 150 valence electrons. The van der Waals surface area contributed by atoms with Crippen LogP contribution in [0.25, 0.3) is 0 Å². The molecule has 0 radical (unpaired) electrons. The molecule has 5 nitrogen and oxygen atoms in total. The molecule has 2 N–H and O–H groups in total. The number of halogens is 2. The largest absolute Gasteiger partial charge is 0.389 e. The molecule has 2 aromatic carbocycles. The molecule has 2 fully saturated rings. The van der Waals surface area contributed by atoms with Gasteiger partial charge in [-0.1, -0.05) is 12.1 Å². The van der Waals surface area contributed by atoms with Crippen LogP contribution in [0.5, 0.6) is 0 Å². The van der Waals surface area contributed by atoms with Crippen LogP contribution in [-0.4, -0.2) is 33.7 Å². The van der Waals surface area contributed by atoms with Crippen molar-refractivity contribution < 1.29 is 18.7 Å². The summed E-state index contributed by atoms with van der Waals surface area (Å²) in [4.78, 5) is 14.6. The van der Waals surface area contributed by atoms with Gasteiger partial charge in [-0.2, -0.15) is 5.26 Å². The van der Waals surface area contributed by atoms with E-state index in [2.05, 4.69) is 5.32 Å². The predicted molar refractivity (Wildman–Crippen MR) is 103 cm³/mol. The van der Waals surface area contributed by atoms with Crippen molar-refractivity contribution in [2.24, 2.45) is 0 Å². The Hall–Kier alpha value is -2.98. The van der Waals surface area contributed by atoms with E-state index in [9.17, 15) is 18.7 Å². The maximum atomic E-state index is 14.0. The second kappa shape index (κ2) is 7.45. The van der Waals surface area contributed by atoms with Gasteiger partial charge in [-0.3, -0.25) is 0 Å². The first-order valence-electron chi connectivity index (χ1n) is 9.63. The molecule has 29 heavy (non-hydrogen) atoms. The van der Waals surface area contributed by atoms with E-state index in [1.165, 1.54) is 12.1 Å². The summed E-state index contributed by atoms with van der Waals surface area (Å²) < 4.78 is 27.2. The van der Waals surface area contributed by atoms with Gasteiger partial charge in [0, 0.05) is 30.3 Å². The number of anilines is 1. The van der Waals surface area contributed by atoms with Crippen LogP contribution < -0.4 is 5.32 Å². The lowest BCUT2D eigenvalue weighted by Gasteiger charge is -2.43. The third kappa shape index (κ3) is 3.94. The maximum Gasteiger partial charge on any atom is 0.322 e. The van der Waals surface area contributed by atoms with Gasteiger partial charge in [-0.15, -0.1) is 0 Å². The summed E-state index contributed by atoms with van der Waals surface area (Å²) in [5.41, 5.74) is 0.143. The topological polar surface area (TPSA) is 76.4 Å². The molecule has 0 saturated carbocycles. The van der Waals surface area contributed by atoms with Gasteiger partial charge in [0.05, 0.1) is 17.2 Å². The summed E-state index contributed by atoms with van der Waals surface area (Å²) >= 11 is 0. The van der Waals surface area contributed by atoms with E-state index < -0.39 is 17.2 Å². The van der Waals surface area contributed by atoms with Gasteiger partial charge < -0.3 is 15.3 Å². The predicted octanol–water partition coefficient (Wildman–Crippen LogP) is 3.97. The highest BCUT2D eigenvalue weighted by Crippen LogP contribution is 2.42. The quantitative estimate of drug-likeness (QED) is 0.823. The van der Waals surface area contributed by atoms with E-state index >= 15 is 0 Å². The zero-order valence-electron chi connectivity index (χ0n) is 15.7. The molecule has 2 atom stereocenters. The number of hydrogen-bond acceptors (Lipinski definition) is 3. The number of aliphatic hydroxyl groups is 1. The molecule has 2 aliphatic rings. The lowest BCUT2D eigenvalue weighted by atomic mass is 9.81. The van der Waals surface area contributed by atoms with Crippen LogP contribution in [0.1, 0.15) is 36.8 Å². The van der Waals surface area contributed by atoms with E-state index in [0.717, 1.165) is 18.9 Å². The number of carbonyl (C=O) groups is 1. The number of urea groups is 1. The average Bonchev–Trinajstić information content (AvgIpc) is 2.97. The molecule has 0 aromatic heterocycles. The highest BCUT2D eigenvalue weighted by atomic mass is 19.1. The highest BCUT2D eigenvalue weighted by molar-refractivity contribution is 5.90. The molecule has 4 rings (SSSR count). The van der Waals surface area contributed by atoms with Crippen molar-refractivity contribution >= 4 is 11.7 Å². The van der Waals surface area contributed by atoms with Gasteiger partial charge in [-0.05, 0) is 55.5 Å². The van der Waals surface area contributed by atoms with Crippen LogP contribution in [0.4, 0.5) is 19.3 Å². The third-order valence-electron chi connectivity index (χ3n) is 5.86. The van der Waals surface area contributed by atoms with E-state index in [4.69, 9.17) is 5.26 Å². The number of nitriles is 1. The molecule has 2 amide bonds. The fraction of sp³-hybridized carbons (Fsp3) is 0.364. The average molecular weight is 397 g/mol. The minimum absolute atomic E-state index is 0.0891. The Balaban J connectivity index is 1.47. The van der Waals surface area contributed by atoms with Gasteiger partial charge in [0.15, 0.2) is 0 Å². The Labute approximate surface area is 167 Å². The fourth-order valence-electron chi connectivity index (χ4n) is 4.67. The zero-order chi connectivity index (χ0) is 20.6. The van der Waals surface area contributed by atoms with Gasteiger partial charge >= 0.3 is 6.03 Å². The minimum atomic E-state index is -1.14. The van der Waals surface area contributed by atoms with Crippen LogP contribution in [-0.2, 0) is 6.42 Å². The van der Waals surface area contributed by atoms with E-state index in [1.54, 1.807) is 29.2 Å². The molecule has 0 spiro atoms. The summed E-state index contributed by atoms with van der Waals surface area (Å²) in [5, 5.41) is 22.9. The first kappa shape index (κ1) is 19.3. The standard InChI is InChI=1S/C22H21F2N3O2/c23-16-5-4-15(20(24)9-16)10-22(29)11-18-6-7-19(12-22)27(18)21(28)26-17-3-1-2-14(8-17)13-25/h1-5,8-9,18-19,29H,6-7,10-12H2,(H,26,28). The van der Waals surface area contributed by atoms with Crippen molar-refractivity contribution in [3.63, 3.8) is 0 Å². The molecule has 2 aromatic rings. The van der Waals surface area contributed by atoms with Crippen molar-refractivity contribution in [1.29, 1.82) is 5.26 Å². The van der Waals surface area contributed by atoms with Crippen LogP contribution in [0.3, 0.4) is 0 Å². The third-order valence-corrected chi connectivity index (χ3v) is 5.86. The molecule has 2 saturated heterocycles.